The molecule has 0 bridgehead atoms. The van der Waals surface area contributed by atoms with E-state index in [0.29, 0.717) is 5.56 Å². The Kier molecular flexibility index (Phi) is 11.2. The van der Waals surface area contributed by atoms with Crippen LogP contribution in [0.5, 0.6) is 5.75 Å². The van der Waals surface area contributed by atoms with Crippen molar-refractivity contribution >= 4 is 11.9 Å². The predicted molar refractivity (Wildman–Crippen MR) is 158 cm³/mol. The van der Waals surface area contributed by atoms with Gasteiger partial charge in [0.05, 0.1) is 13.5 Å². The number of hydrogen-bond donors (Lipinski definition) is 1. The van der Waals surface area contributed by atoms with Crippen molar-refractivity contribution in [2.75, 3.05) is 13.7 Å². The molecule has 0 heterocycles. The molecular formula is C34H43NO4. The second-order valence-corrected chi connectivity index (χ2v) is 11.0. The van der Waals surface area contributed by atoms with Crippen molar-refractivity contribution in [2.24, 2.45) is 0 Å². The minimum absolute atomic E-state index is 0.102. The maximum Gasteiger partial charge on any atom is 0.307 e. The number of amides is 1. The van der Waals surface area contributed by atoms with E-state index in [0.717, 1.165) is 29.7 Å². The topological polar surface area (TPSA) is 64.6 Å². The molecule has 1 unspecified atom stereocenters. The van der Waals surface area contributed by atoms with Crippen LogP contribution in [-0.4, -0.2) is 25.5 Å². The molecule has 0 saturated heterocycles. The van der Waals surface area contributed by atoms with Crippen LogP contribution in [0.2, 0.25) is 0 Å². The third kappa shape index (κ3) is 9.27. The molecule has 0 aliphatic rings. The first-order chi connectivity index (χ1) is 18.7. The maximum absolute atomic E-state index is 12.5. The van der Waals surface area contributed by atoms with Gasteiger partial charge in [0, 0.05) is 12.1 Å². The minimum atomic E-state index is -0.347. The fourth-order valence-corrected chi connectivity index (χ4v) is 4.43. The van der Waals surface area contributed by atoms with Crippen molar-refractivity contribution in [1.29, 1.82) is 0 Å². The summed E-state index contributed by atoms with van der Waals surface area (Å²) in [6, 6.07) is 24.6. The van der Waals surface area contributed by atoms with Gasteiger partial charge in [-0.2, -0.15) is 0 Å². The van der Waals surface area contributed by atoms with E-state index in [1.807, 2.05) is 36.4 Å². The first-order valence-electron chi connectivity index (χ1n) is 14.0. The Morgan fingerprint density at radius 2 is 1.44 bits per heavy atom. The zero-order valence-corrected chi connectivity index (χ0v) is 24.1. The number of ether oxygens (including phenoxy) is 2. The molecule has 3 aromatic rings. The Hall–Kier alpha value is -3.60. The Bertz CT molecular complexity index is 1180. The summed E-state index contributed by atoms with van der Waals surface area (Å²) in [5, 5.41) is 2.76. The van der Waals surface area contributed by atoms with Crippen LogP contribution in [-0.2, 0) is 14.9 Å². The normalized spacial score (nSPS) is 12.0. The molecule has 1 atom stereocenters. The minimum Gasteiger partial charge on any atom is -0.486 e. The smallest absolute Gasteiger partial charge is 0.307 e. The number of carbonyl (C=O) groups is 2. The third-order valence-corrected chi connectivity index (χ3v) is 6.92. The van der Waals surface area contributed by atoms with Gasteiger partial charge in [0.2, 0.25) is 0 Å². The van der Waals surface area contributed by atoms with Crippen LogP contribution in [0.3, 0.4) is 0 Å². The molecule has 5 nitrogen and oxygen atoms in total. The van der Waals surface area contributed by atoms with Crippen molar-refractivity contribution in [2.45, 2.75) is 77.7 Å². The molecule has 0 fully saturated rings. The van der Waals surface area contributed by atoms with Gasteiger partial charge in [-0.05, 0) is 64.8 Å². The SMILES string of the molecule is CCCCCCC(Oc1ccc(-c2ccc(C(C)(C)C)cc2)cc1)c1ccc(C(=O)NCCC(=O)OC)cc1. The van der Waals surface area contributed by atoms with E-state index >= 15 is 0 Å². The number of methoxy groups -OCH3 is 1. The quantitative estimate of drug-likeness (QED) is 0.180. The molecule has 0 aliphatic heterocycles. The van der Waals surface area contributed by atoms with Gasteiger partial charge in [-0.3, -0.25) is 9.59 Å². The highest BCUT2D eigenvalue weighted by molar-refractivity contribution is 5.94. The lowest BCUT2D eigenvalue weighted by molar-refractivity contribution is -0.140. The number of nitrogens with one attached hydrogen (secondary N) is 1. The highest BCUT2D eigenvalue weighted by Gasteiger charge is 2.16. The first kappa shape index (κ1) is 29.9. The Morgan fingerprint density at radius 1 is 0.821 bits per heavy atom. The molecule has 0 spiro atoms. The monoisotopic (exact) mass is 529 g/mol. The van der Waals surface area contributed by atoms with Gasteiger partial charge in [0.25, 0.3) is 5.91 Å². The van der Waals surface area contributed by atoms with Gasteiger partial charge < -0.3 is 14.8 Å². The molecule has 208 valence electrons. The highest BCUT2D eigenvalue weighted by Crippen LogP contribution is 2.30. The van der Waals surface area contributed by atoms with Crippen molar-refractivity contribution in [3.63, 3.8) is 0 Å². The van der Waals surface area contributed by atoms with Gasteiger partial charge in [0.15, 0.2) is 0 Å². The van der Waals surface area contributed by atoms with E-state index in [1.54, 1.807) is 0 Å². The summed E-state index contributed by atoms with van der Waals surface area (Å²) in [7, 11) is 1.34. The largest absolute Gasteiger partial charge is 0.486 e. The van der Waals surface area contributed by atoms with Gasteiger partial charge >= 0.3 is 5.97 Å². The standard InChI is InChI=1S/C34H43NO4/c1-6-7-8-9-10-31(27-11-13-28(14-12-27)33(37)35-24-23-32(36)38-5)39-30-21-17-26(18-22-30)25-15-19-29(20-16-25)34(2,3)4/h11-22,31H,6-10,23-24H2,1-5H3,(H,35,37). The highest BCUT2D eigenvalue weighted by atomic mass is 16.5. The summed E-state index contributed by atoms with van der Waals surface area (Å²) in [5.74, 6) is 0.271. The lowest BCUT2D eigenvalue weighted by Crippen LogP contribution is -2.26. The molecule has 0 saturated carbocycles. The van der Waals surface area contributed by atoms with Crippen LogP contribution in [0.15, 0.2) is 72.8 Å². The second kappa shape index (κ2) is 14.5. The van der Waals surface area contributed by atoms with Crippen LogP contribution in [0.25, 0.3) is 11.1 Å². The summed E-state index contributed by atoms with van der Waals surface area (Å²) in [5.41, 5.74) is 5.39. The number of esters is 1. The fourth-order valence-electron chi connectivity index (χ4n) is 4.43. The Balaban J connectivity index is 1.69. The first-order valence-corrected chi connectivity index (χ1v) is 14.0. The van der Waals surface area contributed by atoms with E-state index < -0.39 is 0 Å². The number of rotatable bonds is 13. The fraction of sp³-hybridized carbons (Fsp3) is 0.412. The van der Waals surface area contributed by atoms with Gasteiger partial charge in [-0.1, -0.05) is 95.5 Å². The molecule has 1 amide bonds. The molecule has 3 aromatic carbocycles. The summed E-state index contributed by atoms with van der Waals surface area (Å²) >= 11 is 0. The third-order valence-electron chi connectivity index (χ3n) is 6.92. The van der Waals surface area contributed by atoms with Crippen molar-refractivity contribution < 1.29 is 19.1 Å². The molecule has 1 N–H and O–H groups in total. The van der Waals surface area contributed by atoms with Crippen LogP contribution in [0, 0.1) is 0 Å². The molecule has 0 radical (unpaired) electrons. The van der Waals surface area contributed by atoms with E-state index in [9.17, 15) is 9.59 Å². The average molecular weight is 530 g/mol. The number of carbonyl (C=O) groups excluding carboxylic acids is 2. The maximum atomic E-state index is 12.5. The molecule has 0 aromatic heterocycles. The van der Waals surface area contributed by atoms with E-state index in [1.165, 1.54) is 37.5 Å². The van der Waals surface area contributed by atoms with Crippen molar-refractivity contribution in [1.82, 2.24) is 5.32 Å². The molecule has 39 heavy (non-hydrogen) atoms. The number of benzene rings is 3. The van der Waals surface area contributed by atoms with E-state index in [2.05, 4.69) is 74.1 Å². The van der Waals surface area contributed by atoms with Crippen molar-refractivity contribution in [3.05, 3.63) is 89.5 Å². The number of unbranched alkanes of at least 4 members (excludes halogenated alkanes) is 3. The van der Waals surface area contributed by atoms with Crippen LogP contribution in [0.4, 0.5) is 0 Å². The van der Waals surface area contributed by atoms with E-state index in [4.69, 9.17) is 4.74 Å². The summed E-state index contributed by atoms with van der Waals surface area (Å²) in [4.78, 5) is 23.7. The second-order valence-electron chi connectivity index (χ2n) is 11.0. The van der Waals surface area contributed by atoms with Crippen molar-refractivity contribution in [3.8, 4) is 16.9 Å². The Morgan fingerprint density at radius 3 is 2.00 bits per heavy atom. The zero-order chi connectivity index (χ0) is 28.3. The molecule has 3 rings (SSSR count). The molecular weight excluding hydrogens is 486 g/mol. The van der Waals surface area contributed by atoms with Crippen LogP contribution in [0.1, 0.15) is 93.8 Å². The van der Waals surface area contributed by atoms with Crippen LogP contribution < -0.4 is 10.1 Å². The average Bonchev–Trinajstić information content (AvgIpc) is 2.94. The van der Waals surface area contributed by atoms with Gasteiger partial charge in [-0.25, -0.2) is 0 Å². The molecule has 0 aliphatic carbocycles. The van der Waals surface area contributed by atoms with Gasteiger partial charge in [-0.15, -0.1) is 0 Å². The summed E-state index contributed by atoms with van der Waals surface area (Å²) in [6.45, 7) is 9.13. The summed E-state index contributed by atoms with van der Waals surface area (Å²) in [6.07, 6.45) is 5.59. The predicted octanol–water partition coefficient (Wildman–Crippen LogP) is 8.03. The zero-order valence-electron chi connectivity index (χ0n) is 24.1. The van der Waals surface area contributed by atoms with Gasteiger partial charge in [0.1, 0.15) is 11.9 Å². The molecule has 5 heteroatoms. The van der Waals surface area contributed by atoms with Crippen LogP contribution >= 0.6 is 0 Å². The van der Waals surface area contributed by atoms with E-state index in [-0.39, 0.29) is 36.4 Å². The Labute approximate surface area is 233 Å². The lowest BCUT2D eigenvalue weighted by Gasteiger charge is -2.21. The number of hydrogen-bond acceptors (Lipinski definition) is 4. The lowest BCUT2D eigenvalue weighted by atomic mass is 9.86. The summed E-state index contributed by atoms with van der Waals surface area (Å²) < 4.78 is 11.1.